The summed E-state index contributed by atoms with van der Waals surface area (Å²) >= 11 is 1.44. The third-order valence-corrected chi connectivity index (χ3v) is 4.59. The topological polar surface area (TPSA) is 68.3 Å². The standard InChI is InChI=1S/C20H26N2O3S/c1-15(2)19(24)25-13-9-4-3-8-12-18(23)22-20-21-17(14-26-20)16-10-6-5-7-11-16/h5-7,10-11,14-15H,3-4,8-9,12-13H2,1-2H3,(H,21,22,23). The third kappa shape index (κ3) is 6.96. The first-order valence-corrected chi connectivity index (χ1v) is 9.91. The lowest BCUT2D eigenvalue weighted by Gasteiger charge is -2.06. The van der Waals surface area contributed by atoms with Gasteiger partial charge < -0.3 is 10.1 Å². The van der Waals surface area contributed by atoms with Crippen molar-refractivity contribution in [3.63, 3.8) is 0 Å². The molecule has 1 N–H and O–H groups in total. The number of carbonyl (C=O) groups is 2. The highest BCUT2D eigenvalue weighted by Crippen LogP contribution is 2.24. The maximum Gasteiger partial charge on any atom is 0.308 e. The van der Waals surface area contributed by atoms with Crippen molar-refractivity contribution < 1.29 is 14.3 Å². The maximum absolute atomic E-state index is 12.0. The number of aromatic nitrogens is 1. The van der Waals surface area contributed by atoms with Crippen molar-refractivity contribution in [1.82, 2.24) is 4.98 Å². The predicted molar refractivity (Wildman–Crippen MR) is 105 cm³/mol. The Balaban J connectivity index is 1.60. The largest absolute Gasteiger partial charge is 0.465 e. The van der Waals surface area contributed by atoms with E-state index >= 15 is 0 Å². The van der Waals surface area contributed by atoms with Gasteiger partial charge in [0.05, 0.1) is 18.2 Å². The van der Waals surface area contributed by atoms with E-state index in [0.717, 1.165) is 36.9 Å². The van der Waals surface area contributed by atoms with Gasteiger partial charge in [-0.15, -0.1) is 11.3 Å². The number of nitrogens with one attached hydrogen (secondary N) is 1. The van der Waals surface area contributed by atoms with Crippen LogP contribution in [0.5, 0.6) is 0 Å². The van der Waals surface area contributed by atoms with Crippen molar-refractivity contribution >= 4 is 28.3 Å². The van der Waals surface area contributed by atoms with Crippen LogP contribution < -0.4 is 5.32 Å². The highest BCUT2D eigenvalue weighted by Gasteiger charge is 2.09. The fourth-order valence-corrected chi connectivity index (χ4v) is 3.07. The smallest absolute Gasteiger partial charge is 0.308 e. The molecule has 0 spiro atoms. The van der Waals surface area contributed by atoms with Crippen molar-refractivity contribution in [1.29, 1.82) is 0 Å². The van der Waals surface area contributed by atoms with Crippen molar-refractivity contribution in [2.45, 2.75) is 46.0 Å². The minimum Gasteiger partial charge on any atom is -0.465 e. The van der Waals surface area contributed by atoms with E-state index in [1.807, 2.05) is 49.6 Å². The van der Waals surface area contributed by atoms with E-state index in [0.29, 0.717) is 18.2 Å². The Morgan fingerprint density at radius 1 is 1.12 bits per heavy atom. The molecule has 2 rings (SSSR count). The molecule has 1 aromatic carbocycles. The van der Waals surface area contributed by atoms with Crippen LogP contribution in [0.1, 0.15) is 46.0 Å². The second-order valence-electron chi connectivity index (χ2n) is 6.44. The van der Waals surface area contributed by atoms with Crippen LogP contribution in [0.15, 0.2) is 35.7 Å². The molecule has 140 valence electrons. The van der Waals surface area contributed by atoms with Crippen LogP contribution in [0.25, 0.3) is 11.3 Å². The minimum absolute atomic E-state index is 0.00908. The lowest BCUT2D eigenvalue weighted by atomic mass is 10.1. The van der Waals surface area contributed by atoms with Crippen molar-refractivity contribution in [2.75, 3.05) is 11.9 Å². The number of nitrogens with zero attached hydrogens (tertiary/aromatic N) is 1. The van der Waals surface area contributed by atoms with Gasteiger partial charge in [-0.05, 0) is 12.8 Å². The Morgan fingerprint density at radius 2 is 1.85 bits per heavy atom. The van der Waals surface area contributed by atoms with Crippen LogP contribution in [0.3, 0.4) is 0 Å². The molecule has 6 heteroatoms. The zero-order chi connectivity index (χ0) is 18.8. The van der Waals surface area contributed by atoms with E-state index in [2.05, 4.69) is 10.3 Å². The van der Waals surface area contributed by atoms with Crippen molar-refractivity contribution in [3.8, 4) is 11.3 Å². The fourth-order valence-electron chi connectivity index (χ4n) is 2.34. The molecule has 0 saturated heterocycles. The number of anilines is 1. The molecule has 0 atom stereocenters. The average molecular weight is 375 g/mol. The highest BCUT2D eigenvalue weighted by atomic mass is 32.1. The van der Waals surface area contributed by atoms with Gasteiger partial charge in [-0.3, -0.25) is 9.59 Å². The molecular formula is C20H26N2O3S. The predicted octanol–water partition coefficient (Wildman–Crippen LogP) is 4.90. The summed E-state index contributed by atoms with van der Waals surface area (Å²) < 4.78 is 5.12. The van der Waals surface area contributed by atoms with Gasteiger partial charge in [-0.25, -0.2) is 4.98 Å². The molecule has 0 bridgehead atoms. The molecule has 0 unspecified atom stereocenters. The molecule has 5 nitrogen and oxygen atoms in total. The number of hydrogen-bond donors (Lipinski definition) is 1. The van der Waals surface area contributed by atoms with Crippen LogP contribution in [-0.2, 0) is 14.3 Å². The highest BCUT2D eigenvalue weighted by molar-refractivity contribution is 7.14. The zero-order valence-corrected chi connectivity index (χ0v) is 16.2. The quantitative estimate of drug-likeness (QED) is 0.474. The second-order valence-corrected chi connectivity index (χ2v) is 7.30. The van der Waals surface area contributed by atoms with Crippen LogP contribution in [0.4, 0.5) is 5.13 Å². The van der Waals surface area contributed by atoms with E-state index in [1.54, 1.807) is 0 Å². The summed E-state index contributed by atoms with van der Waals surface area (Å²) in [4.78, 5) is 27.8. The molecule has 0 aliphatic heterocycles. The number of rotatable bonds is 10. The van der Waals surface area contributed by atoms with E-state index in [1.165, 1.54) is 11.3 Å². The van der Waals surface area contributed by atoms with Crippen LogP contribution in [-0.4, -0.2) is 23.5 Å². The second kappa shape index (κ2) is 10.7. The lowest BCUT2D eigenvalue weighted by Crippen LogP contribution is -2.12. The number of amides is 1. The molecule has 0 fully saturated rings. The Labute approximate surface area is 158 Å². The molecule has 2 aromatic rings. The van der Waals surface area contributed by atoms with Crippen molar-refractivity contribution in [3.05, 3.63) is 35.7 Å². The van der Waals surface area contributed by atoms with Gasteiger partial charge in [0.1, 0.15) is 0 Å². The number of esters is 1. The molecule has 1 aromatic heterocycles. The SMILES string of the molecule is CC(C)C(=O)OCCCCCCC(=O)Nc1nc(-c2ccccc2)cs1. The van der Waals surface area contributed by atoms with Gasteiger partial charge in [-0.2, -0.15) is 0 Å². The molecular weight excluding hydrogens is 348 g/mol. The van der Waals surface area contributed by atoms with E-state index in [-0.39, 0.29) is 17.8 Å². The Bertz CT molecular complexity index is 698. The molecule has 1 heterocycles. The van der Waals surface area contributed by atoms with E-state index in [9.17, 15) is 9.59 Å². The first-order chi connectivity index (χ1) is 12.6. The minimum atomic E-state index is -0.150. The normalized spacial score (nSPS) is 10.7. The van der Waals surface area contributed by atoms with Gasteiger partial charge in [0.15, 0.2) is 5.13 Å². The molecule has 0 aliphatic carbocycles. The Hall–Kier alpha value is -2.21. The summed E-state index contributed by atoms with van der Waals surface area (Å²) in [6, 6.07) is 9.90. The van der Waals surface area contributed by atoms with Crippen molar-refractivity contribution in [2.24, 2.45) is 5.92 Å². The first-order valence-electron chi connectivity index (χ1n) is 9.03. The summed E-state index contributed by atoms with van der Waals surface area (Å²) in [5.41, 5.74) is 1.92. The number of thiazole rings is 1. The maximum atomic E-state index is 12.0. The number of ether oxygens (including phenoxy) is 1. The monoisotopic (exact) mass is 374 g/mol. The summed E-state index contributed by atoms with van der Waals surface area (Å²) in [5, 5.41) is 5.44. The lowest BCUT2D eigenvalue weighted by molar-refractivity contribution is -0.147. The summed E-state index contributed by atoms with van der Waals surface area (Å²) in [7, 11) is 0. The Kier molecular flexibility index (Phi) is 8.28. The number of carbonyl (C=O) groups excluding carboxylic acids is 2. The summed E-state index contributed by atoms with van der Waals surface area (Å²) in [6.45, 7) is 4.11. The average Bonchev–Trinajstić information content (AvgIpc) is 3.09. The molecule has 1 amide bonds. The Morgan fingerprint density at radius 3 is 2.58 bits per heavy atom. The van der Waals surface area contributed by atoms with Gasteiger partial charge in [0.25, 0.3) is 0 Å². The van der Waals surface area contributed by atoms with Crippen LogP contribution in [0.2, 0.25) is 0 Å². The molecule has 0 saturated carbocycles. The third-order valence-electron chi connectivity index (χ3n) is 3.83. The van der Waals surface area contributed by atoms with E-state index in [4.69, 9.17) is 4.74 Å². The zero-order valence-electron chi connectivity index (χ0n) is 15.4. The fraction of sp³-hybridized carbons (Fsp3) is 0.450. The molecule has 0 radical (unpaired) electrons. The number of unbranched alkanes of at least 4 members (excludes halogenated alkanes) is 3. The van der Waals surface area contributed by atoms with Gasteiger partial charge in [0, 0.05) is 17.4 Å². The number of benzene rings is 1. The number of hydrogen-bond acceptors (Lipinski definition) is 5. The van der Waals surface area contributed by atoms with Crippen LogP contribution in [0, 0.1) is 5.92 Å². The van der Waals surface area contributed by atoms with Gasteiger partial charge in [0.2, 0.25) is 5.91 Å². The molecule has 26 heavy (non-hydrogen) atoms. The van der Waals surface area contributed by atoms with E-state index < -0.39 is 0 Å². The first kappa shape index (κ1) is 20.1. The molecule has 0 aliphatic rings. The van der Waals surface area contributed by atoms with Crippen LogP contribution >= 0.6 is 11.3 Å². The van der Waals surface area contributed by atoms with Gasteiger partial charge in [-0.1, -0.05) is 57.0 Å². The summed E-state index contributed by atoms with van der Waals surface area (Å²) in [5.74, 6) is -0.236. The van der Waals surface area contributed by atoms with Gasteiger partial charge >= 0.3 is 5.97 Å². The summed E-state index contributed by atoms with van der Waals surface area (Å²) in [6.07, 6.45) is 4.04.